The van der Waals surface area contributed by atoms with Crippen LogP contribution in [0.3, 0.4) is 0 Å². The topological polar surface area (TPSA) is 74.7 Å². The highest BCUT2D eigenvalue weighted by molar-refractivity contribution is 9.10. The summed E-state index contributed by atoms with van der Waals surface area (Å²) in [6, 6.07) is 9.39. The SMILES string of the molecule is Cc1cc(N(C)c2ccccc2/C(N)=N/O)ncc1Br. The molecule has 2 rings (SSSR count). The molecule has 2 aromatic rings. The number of oxime groups is 1. The zero-order valence-corrected chi connectivity index (χ0v) is 12.8. The van der Waals surface area contributed by atoms with Crippen molar-refractivity contribution < 1.29 is 5.21 Å². The van der Waals surface area contributed by atoms with Crippen molar-refractivity contribution in [1.82, 2.24) is 4.98 Å². The minimum atomic E-state index is 0.0706. The molecule has 1 aromatic heterocycles. The molecule has 0 atom stereocenters. The van der Waals surface area contributed by atoms with Crippen LogP contribution in [-0.2, 0) is 0 Å². The molecule has 1 aromatic carbocycles. The first-order valence-electron chi connectivity index (χ1n) is 5.97. The van der Waals surface area contributed by atoms with Gasteiger partial charge in [0.25, 0.3) is 0 Å². The number of anilines is 2. The highest BCUT2D eigenvalue weighted by Crippen LogP contribution is 2.27. The van der Waals surface area contributed by atoms with Crippen molar-refractivity contribution in [1.29, 1.82) is 0 Å². The minimum Gasteiger partial charge on any atom is -0.409 e. The summed E-state index contributed by atoms with van der Waals surface area (Å²) in [6.45, 7) is 2.00. The molecule has 0 fully saturated rings. The normalized spacial score (nSPS) is 11.4. The molecule has 104 valence electrons. The molecule has 3 N–H and O–H groups in total. The Kier molecular flexibility index (Phi) is 4.24. The van der Waals surface area contributed by atoms with Gasteiger partial charge in [-0.1, -0.05) is 17.3 Å². The lowest BCUT2D eigenvalue weighted by atomic mass is 10.1. The monoisotopic (exact) mass is 334 g/mol. The van der Waals surface area contributed by atoms with E-state index >= 15 is 0 Å². The fourth-order valence-corrected chi connectivity index (χ4v) is 2.08. The van der Waals surface area contributed by atoms with E-state index in [4.69, 9.17) is 10.9 Å². The summed E-state index contributed by atoms with van der Waals surface area (Å²) in [5.41, 5.74) is 8.27. The van der Waals surface area contributed by atoms with Gasteiger partial charge in [0.15, 0.2) is 5.84 Å². The van der Waals surface area contributed by atoms with Gasteiger partial charge in [0.2, 0.25) is 0 Å². The number of aromatic nitrogens is 1. The first kappa shape index (κ1) is 14.3. The minimum absolute atomic E-state index is 0.0706. The molecule has 0 aliphatic heterocycles. The summed E-state index contributed by atoms with van der Waals surface area (Å²) in [4.78, 5) is 6.27. The number of aryl methyl sites for hydroxylation is 1. The second kappa shape index (κ2) is 5.92. The van der Waals surface area contributed by atoms with Crippen LogP contribution < -0.4 is 10.6 Å². The molecule has 0 radical (unpaired) electrons. The van der Waals surface area contributed by atoms with Crippen LogP contribution in [0.15, 0.2) is 46.2 Å². The fourth-order valence-electron chi connectivity index (χ4n) is 1.87. The maximum Gasteiger partial charge on any atom is 0.172 e. The summed E-state index contributed by atoms with van der Waals surface area (Å²) >= 11 is 3.43. The van der Waals surface area contributed by atoms with E-state index in [1.807, 2.05) is 43.1 Å². The Labute approximate surface area is 125 Å². The van der Waals surface area contributed by atoms with Gasteiger partial charge < -0.3 is 15.8 Å². The third kappa shape index (κ3) is 2.75. The predicted octanol–water partition coefficient (Wildman–Crippen LogP) is 3.01. The maximum atomic E-state index is 8.87. The van der Waals surface area contributed by atoms with Gasteiger partial charge in [-0.25, -0.2) is 4.98 Å². The van der Waals surface area contributed by atoms with Crippen molar-refractivity contribution in [2.24, 2.45) is 10.9 Å². The maximum absolute atomic E-state index is 8.87. The van der Waals surface area contributed by atoms with Crippen LogP contribution in [-0.4, -0.2) is 23.1 Å². The highest BCUT2D eigenvalue weighted by atomic mass is 79.9. The summed E-state index contributed by atoms with van der Waals surface area (Å²) < 4.78 is 0.958. The fraction of sp³-hybridized carbons (Fsp3) is 0.143. The van der Waals surface area contributed by atoms with Crippen molar-refractivity contribution in [3.63, 3.8) is 0 Å². The van der Waals surface area contributed by atoms with E-state index in [0.29, 0.717) is 5.56 Å². The van der Waals surface area contributed by atoms with Gasteiger partial charge in [-0.2, -0.15) is 0 Å². The Morgan fingerprint density at radius 3 is 2.75 bits per heavy atom. The van der Waals surface area contributed by atoms with E-state index in [2.05, 4.69) is 26.1 Å². The Hall–Kier alpha value is -2.08. The van der Waals surface area contributed by atoms with Gasteiger partial charge in [-0.3, -0.25) is 0 Å². The van der Waals surface area contributed by atoms with E-state index in [1.165, 1.54) is 0 Å². The second-order valence-electron chi connectivity index (χ2n) is 4.35. The van der Waals surface area contributed by atoms with Gasteiger partial charge in [-0.05, 0) is 46.6 Å². The van der Waals surface area contributed by atoms with Crippen molar-refractivity contribution in [3.05, 3.63) is 52.1 Å². The molecular weight excluding hydrogens is 320 g/mol. The van der Waals surface area contributed by atoms with Crippen molar-refractivity contribution in [3.8, 4) is 0 Å². The first-order chi connectivity index (χ1) is 9.54. The van der Waals surface area contributed by atoms with E-state index < -0.39 is 0 Å². The number of hydrogen-bond donors (Lipinski definition) is 2. The average Bonchev–Trinajstić information content (AvgIpc) is 2.48. The lowest BCUT2D eigenvalue weighted by Gasteiger charge is -2.21. The molecule has 0 amide bonds. The quantitative estimate of drug-likeness (QED) is 0.391. The number of nitrogens with two attached hydrogens (primary N) is 1. The largest absolute Gasteiger partial charge is 0.409 e. The molecule has 0 aliphatic rings. The van der Waals surface area contributed by atoms with Crippen LogP contribution in [0.1, 0.15) is 11.1 Å². The molecule has 0 spiro atoms. The summed E-state index contributed by atoms with van der Waals surface area (Å²) in [5, 5.41) is 11.9. The molecule has 5 nitrogen and oxygen atoms in total. The third-order valence-corrected chi connectivity index (χ3v) is 3.86. The predicted molar refractivity (Wildman–Crippen MR) is 83.7 cm³/mol. The van der Waals surface area contributed by atoms with Gasteiger partial charge >= 0.3 is 0 Å². The zero-order valence-electron chi connectivity index (χ0n) is 11.2. The van der Waals surface area contributed by atoms with Crippen LogP contribution in [0.25, 0.3) is 0 Å². The lowest BCUT2D eigenvalue weighted by molar-refractivity contribution is 0.318. The Bertz CT molecular complexity index is 657. The Morgan fingerprint density at radius 1 is 1.40 bits per heavy atom. The van der Waals surface area contributed by atoms with Crippen molar-refractivity contribution >= 4 is 33.3 Å². The average molecular weight is 335 g/mol. The molecule has 0 aliphatic carbocycles. The number of benzene rings is 1. The molecule has 0 unspecified atom stereocenters. The van der Waals surface area contributed by atoms with Crippen LogP contribution in [0.4, 0.5) is 11.5 Å². The third-order valence-electron chi connectivity index (χ3n) is 3.03. The second-order valence-corrected chi connectivity index (χ2v) is 5.21. The van der Waals surface area contributed by atoms with Gasteiger partial charge in [-0.15, -0.1) is 0 Å². The lowest BCUT2D eigenvalue weighted by Crippen LogP contribution is -2.20. The molecule has 0 saturated heterocycles. The Balaban J connectivity index is 2.48. The number of amidine groups is 1. The number of pyridine rings is 1. The number of nitrogens with zero attached hydrogens (tertiary/aromatic N) is 3. The smallest absolute Gasteiger partial charge is 0.172 e. The first-order valence-corrected chi connectivity index (χ1v) is 6.76. The van der Waals surface area contributed by atoms with Gasteiger partial charge in [0, 0.05) is 23.3 Å². The van der Waals surface area contributed by atoms with E-state index in [9.17, 15) is 0 Å². The number of rotatable bonds is 3. The number of para-hydroxylation sites is 1. The Morgan fingerprint density at radius 2 is 2.10 bits per heavy atom. The van der Waals surface area contributed by atoms with Crippen molar-refractivity contribution in [2.45, 2.75) is 6.92 Å². The molecule has 6 heteroatoms. The zero-order chi connectivity index (χ0) is 14.7. The number of hydrogen-bond acceptors (Lipinski definition) is 4. The van der Waals surface area contributed by atoms with Crippen molar-refractivity contribution in [2.75, 3.05) is 11.9 Å². The van der Waals surface area contributed by atoms with Crippen LogP contribution >= 0.6 is 15.9 Å². The van der Waals surface area contributed by atoms with E-state index in [-0.39, 0.29) is 5.84 Å². The summed E-state index contributed by atoms with van der Waals surface area (Å²) in [7, 11) is 1.89. The molecule has 1 heterocycles. The van der Waals surface area contributed by atoms with Crippen LogP contribution in [0.2, 0.25) is 0 Å². The molecule has 0 bridgehead atoms. The highest BCUT2D eigenvalue weighted by Gasteiger charge is 2.13. The van der Waals surface area contributed by atoms with Gasteiger partial charge in [0.05, 0.1) is 5.69 Å². The summed E-state index contributed by atoms with van der Waals surface area (Å²) in [6.07, 6.45) is 1.76. The summed E-state index contributed by atoms with van der Waals surface area (Å²) in [5.74, 6) is 0.852. The van der Waals surface area contributed by atoms with E-state index in [1.54, 1.807) is 12.3 Å². The number of halogens is 1. The van der Waals surface area contributed by atoms with Gasteiger partial charge in [0.1, 0.15) is 5.82 Å². The molecule has 20 heavy (non-hydrogen) atoms. The standard InChI is InChI=1S/C14H15BrN4O/c1-9-7-13(17-8-11(9)15)19(2)12-6-4-3-5-10(12)14(16)18-20/h3-8,20H,1-2H3,(H2,16,18). The molecular formula is C14H15BrN4O. The molecule has 0 saturated carbocycles. The van der Waals surface area contributed by atoms with E-state index in [0.717, 1.165) is 21.5 Å². The van der Waals surface area contributed by atoms with Crippen LogP contribution in [0.5, 0.6) is 0 Å². The van der Waals surface area contributed by atoms with Crippen LogP contribution in [0, 0.1) is 6.92 Å².